The van der Waals surface area contributed by atoms with Crippen LogP contribution in [0.1, 0.15) is 44.8 Å². The van der Waals surface area contributed by atoms with Crippen molar-refractivity contribution in [3.8, 4) is 0 Å². The highest BCUT2D eigenvalue weighted by Crippen LogP contribution is 2.20. The SMILES string of the molecule is CCC1CCCCN1C(=O)CC(=O)Nc1cc(C)on1. The van der Waals surface area contributed by atoms with Gasteiger partial charge in [-0.2, -0.15) is 0 Å². The van der Waals surface area contributed by atoms with Gasteiger partial charge in [-0.25, -0.2) is 0 Å². The lowest BCUT2D eigenvalue weighted by Gasteiger charge is -2.35. The third kappa shape index (κ3) is 3.59. The molecule has 2 amide bonds. The Morgan fingerprint density at radius 1 is 1.50 bits per heavy atom. The van der Waals surface area contributed by atoms with Gasteiger partial charge in [0.1, 0.15) is 12.2 Å². The Hall–Kier alpha value is -1.85. The molecule has 6 nitrogen and oxygen atoms in total. The lowest BCUT2D eigenvalue weighted by Crippen LogP contribution is -2.44. The quantitative estimate of drug-likeness (QED) is 0.856. The minimum absolute atomic E-state index is 0.103. The summed E-state index contributed by atoms with van der Waals surface area (Å²) in [5.41, 5.74) is 0. The fraction of sp³-hybridized carbons (Fsp3) is 0.643. The van der Waals surface area contributed by atoms with Gasteiger partial charge in [-0.1, -0.05) is 12.1 Å². The molecule has 2 rings (SSSR count). The van der Waals surface area contributed by atoms with Crippen molar-refractivity contribution in [1.82, 2.24) is 10.1 Å². The van der Waals surface area contributed by atoms with E-state index in [0.29, 0.717) is 11.6 Å². The maximum Gasteiger partial charge on any atom is 0.235 e. The number of likely N-dealkylation sites (tertiary alicyclic amines) is 1. The normalized spacial score (nSPS) is 18.9. The molecule has 2 heterocycles. The summed E-state index contributed by atoms with van der Waals surface area (Å²) in [5, 5.41) is 6.25. The summed E-state index contributed by atoms with van der Waals surface area (Å²) in [5.74, 6) is 0.526. The predicted octanol–water partition coefficient (Wildman–Crippen LogP) is 2.10. The van der Waals surface area contributed by atoms with E-state index < -0.39 is 0 Å². The molecule has 1 aromatic rings. The van der Waals surface area contributed by atoms with E-state index in [-0.39, 0.29) is 24.3 Å². The number of amides is 2. The molecule has 1 aromatic heterocycles. The Morgan fingerprint density at radius 2 is 2.30 bits per heavy atom. The van der Waals surface area contributed by atoms with Crippen LogP contribution in [-0.2, 0) is 9.59 Å². The van der Waals surface area contributed by atoms with Crippen molar-refractivity contribution >= 4 is 17.6 Å². The lowest BCUT2D eigenvalue weighted by molar-refractivity contribution is -0.137. The Morgan fingerprint density at radius 3 is 2.95 bits per heavy atom. The van der Waals surface area contributed by atoms with Crippen LogP contribution in [0.4, 0.5) is 5.82 Å². The van der Waals surface area contributed by atoms with Gasteiger partial charge in [0.2, 0.25) is 11.8 Å². The molecule has 1 unspecified atom stereocenters. The molecule has 1 saturated heterocycles. The van der Waals surface area contributed by atoms with Crippen molar-refractivity contribution in [1.29, 1.82) is 0 Å². The maximum absolute atomic E-state index is 12.2. The van der Waals surface area contributed by atoms with E-state index in [1.165, 1.54) is 0 Å². The minimum atomic E-state index is -0.344. The summed E-state index contributed by atoms with van der Waals surface area (Å²) in [6.07, 6.45) is 4.02. The third-order valence-corrected chi connectivity index (χ3v) is 3.63. The van der Waals surface area contributed by atoms with Gasteiger partial charge < -0.3 is 14.7 Å². The van der Waals surface area contributed by atoms with E-state index in [2.05, 4.69) is 17.4 Å². The highest BCUT2D eigenvalue weighted by molar-refractivity contribution is 6.03. The fourth-order valence-corrected chi connectivity index (χ4v) is 2.60. The second kappa shape index (κ2) is 6.54. The highest BCUT2D eigenvalue weighted by Gasteiger charge is 2.26. The summed E-state index contributed by atoms with van der Waals surface area (Å²) in [4.78, 5) is 25.9. The molecule has 1 atom stereocenters. The van der Waals surface area contributed by atoms with Crippen molar-refractivity contribution in [2.24, 2.45) is 0 Å². The van der Waals surface area contributed by atoms with Crippen LogP contribution in [0, 0.1) is 6.92 Å². The summed E-state index contributed by atoms with van der Waals surface area (Å²) in [6.45, 7) is 4.58. The van der Waals surface area contributed by atoms with Crippen LogP contribution >= 0.6 is 0 Å². The zero-order valence-corrected chi connectivity index (χ0v) is 12.0. The van der Waals surface area contributed by atoms with Crippen molar-refractivity contribution in [3.05, 3.63) is 11.8 Å². The molecule has 0 bridgehead atoms. The molecule has 20 heavy (non-hydrogen) atoms. The van der Waals surface area contributed by atoms with E-state index in [4.69, 9.17) is 4.52 Å². The number of rotatable bonds is 4. The standard InChI is InChI=1S/C14H21N3O3/c1-3-11-6-4-5-7-17(11)14(19)9-13(18)15-12-8-10(2)20-16-12/h8,11H,3-7,9H2,1-2H3,(H,15,16,18). The molecule has 110 valence electrons. The molecule has 1 aliphatic heterocycles. The number of nitrogens with one attached hydrogen (secondary N) is 1. The molecule has 1 N–H and O–H groups in total. The summed E-state index contributed by atoms with van der Waals surface area (Å²) in [7, 11) is 0. The number of piperidine rings is 1. The lowest BCUT2D eigenvalue weighted by atomic mass is 9.99. The van der Waals surface area contributed by atoms with E-state index in [1.54, 1.807) is 13.0 Å². The van der Waals surface area contributed by atoms with Gasteiger partial charge in [-0.3, -0.25) is 9.59 Å². The molecule has 6 heteroatoms. The number of carbonyl (C=O) groups is 2. The van der Waals surface area contributed by atoms with Crippen molar-refractivity contribution in [2.45, 2.75) is 52.0 Å². The highest BCUT2D eigenvalue weighted by atomic mass is 16.5. The summed E-state index contributed by atoms with van der Waals surface area (Å²) in [6, 6.07) is 1.90. The molecule has 0 spiro atoms. The summed E-state index contributed by atoms with van der Waals surface area (Å²) < 4.78 is 4.86. The smallest absolute Gasteiger partial charge is 0.235 e. The first-order chi connectivity index (χ1) is 9.60. The largest absolute Gasteiger partial charge is 0.360 e. The Labute approximate surface area is 118 Å². The first-order valence-corrected chi connectivity index (χ1v) is 7.12. The van der Waals surface area contributed by atoms with E-state index >= 15 is 0 Å². The number of nitrogens with zero attached hydrogens (tertiary/aromatic N) is 2. The van der Waals surface area contributed by atoms with E-state index in [0.717, 1.165) is 32.2 Å². The Balaban J connectivity index is 1.88. The number of carbonyl (C=O) groups excluding carboxylic acids is 2. The van der Waals surface area contributed by atoms with Crippen LogP contribution in [0.3, 0.4) is 0 Å². The van der Waals surface area contributed by atoms with Gasteiger partial charge in [0.15, 0.2) is 5.82 Å². The number of hydrogen-bond acceptors (Lipinski definition) is 4. The monoisotopic (exact) mass is 279 g/mol. The molecular formula is C14H21N3O3. The predicted molar refractivity (Wildman–Crippen MR) is 74.1 cm³/mol. The van der Waals surface area contributed by atoms with Gasteiger partial charge in [0.25, 0.3) is 0 Å². The second-order valence-electron chi connectivity index (χ2n) is 5.19. The number of hydrogen-bond donors (Lipinski definition) is 1. The molecule has 1 aliphatic rings. The van der Waals surface area contributed by atoms with E-state index in [9.17, 15) is 9.59 Å². The second-order valence-corrected chi connectivity index (χ2v) is 5.19. The van der Waals surface area contributed by atoms with Crippen LogP contribution in [0.25, 0.3) is 0 Å². The Kier molecular flexibility index (Phi) is 4.76. The van der Waals surface area contributed by atoms with Gasteiger partial charge in [0.05, 0.1) is 0 Å². The average molecular weight is 279 g/mol. The first-order valence-electron chi connectivity index (χ1n) is 7.12. The number of aromatic nitrogens is 1. The first kappa shape index (κ1) is 14.6. The van der Waals surface area contributed by atoms with Crippen molar-refractivity contribution < 1.29 is 14.1 Å². The van der Waals surface area contributed by atoms with Crippen molar-refractivity contribution in [3.63, 3.8) is 0 Å². The average Bonchev–Trinajstić information content (AvgIpc) is 2.83. The molecule has 1 fully saturated rings. The van der Waals surface area contributed by atoms with Gasteiger partial charge in [-0.15, -0.1) is 0 Å². The molecule has 0 saturated carbocycles. The molecule has 0 aliphatic carbocycles. The van der Waals surface area contributed by atoms with Gasteiger partial charge in [0, 0.05) is 18.7 Å². The van der Waals surface area contributed by atoms with Crippen molar-refractivity contribution in [2.75, 3.05) is 11.9 Å². The fourth-order valence-electron chi connectivity index (χ4n) is 2.60. The molecular weight excluding hydrogens is 258 g/mol. The van der Waals surface area contributed by atoms with E-state index in [1.807, 2.05) is 4.90 Å². The van der Waals surface area contributed by atoms with Crippen LogP contribution in [0.15, 0.2) is 10.6 Å². The number of aryl methyl sites for hydroxylation is 1. The van der Waals surface area contributed by atoms with Gasteiger partial charge >= 0.3 is 0 Å². The van der Waals surface area contributed by atoms with Crippen LogP contribution in [0.5, 0.6) is 0 Å². The molecule has 0 radical (unpaired) electrons. The number of anilines is 1. The van der Waals surface area contributed by atoms with Gasteiger partial charge in [-0.05, 0) is 32.6 Å². The summed E-state index contributed by atoms with van der Waals surface area (Å²) >= 11 is 0. The molecule has 0 aromatic carbocycles. The van der Waals surface area contributed by atoms with Crippen LogP contribution in [0.2, 0.25) is 0 Å². The van der Waals surface area contributed by atoms with Crippen LogP contribution in [-0.4, -0.2) is 34.5 Å². The maximum atomic E-state index is 12.2. The third-order valence-electron chi connectivity index (χ3n) is 3.63. The topological polar surface area (TPSA) is 75.4 Å². The van der Waals surface area contributed by atoms with Crippen LogP contribution < -0.4 is 5.32 Å². The minimum Gasteiger partial charge on any atom is -0.360 e. The zero-order chi connectivity index (χ0) is 14.5. The Bertz CT molecular complexity index is 484. The zero-order valence-electron chi connectivity index (χ0n) is 12.0.